The first-order valence-corrected chi connectivity index (χ1v) is 11.5. The Hall–Kier alpha value is -3.64. The van der Waals surface area contributed by atoms with E-state index in [0.29, 0.717) is 16.8 Å². The molecule has 1 amide bonds. The summed E-state index contributed by atoms with van der Waals surface area (Å²) in [5.74, 6) is -1.33. The number of nitrogens with one attached hydrogen (secondary N) is 1. The van der Waals surface area contributed by atoms with Crippen LogP contribution < -0.4 is 5.32 Å². The number of aryl methyl sites for hydroxylation is 1. The fourth-order valence-electron chi connectivity index (χ4n) is 4.53. The molecule has 6 heteroatoms. The normalized spacial score (nSPS) is 14.0. The van der Waals surface area contributed by atoms with Crippen LogP contribution in [0.15, 0.2) is 66.9 Å². The SMILES string of the molecule is Cc1c(NC(=O)c2ccc(-c3ccc(F)cc3)c(F)c2)ccc2cc(CN3CCCC3)cnc12. The highest BCUT2D eigenvalue weighted by molar-refractivity contribution is 6.06. The van der Waals surface area contributed by atoms with Crippen molar-refractivity contribution in [1.29, 1.82) is 0 Å². The minimum Gasteiger partial charge on any atom is -0.322 e. The molecule has 1 saturated heterocycles. The first kappa shape index (κ1) is 22.2. The Kier molecular flexibility index (Phi) is 6.07. The lowest BCUT2D eigenvalue weighted by molar-refractivity contribution is 0.102. The second-order valence-electron chi connectivity index (χ2n) is 8.79. The Morgan fingerprint density at radius 2 is 1.76 bits per heavy atom. The lowest BCUT2D eigenvalue weighted by Crippen LogP contribution is -2.18. The molecule has 0 bridgehead atoms. The molecule has 2 heterocycles. The quantitative estimate of drug-likeness (QED) is 0.381. The summed E-state index contributed by atoms with van der Waals surface area (Å²) < 4.78 is 27.9. The Morgan fingerprint density at radius 1 is 1.00 bits per heavy atom. The van der Waals surface area contributed by atoms with Gasteiger partial charge in [-0.05, 0) is 85.9 Å². The molecule has 34 heavy (non-hydrogen) atoms. The van der Waals surface area contributed by atoms with Gasteiger partial charge in [0.2, 0.25) is 0 Å². The third kappa shape index (κ3) is 4.54. The minimum atomic E-state index is -0.540. The molecule has 1 N–H and O–H groups in total. The monoisotopic (exact) mass is 457 g/mol. The summed E-state index contributed by atoms with van der Waals surface area (Å²) in [5, 5.41) is 3.91. The highest BCUT2D eigenvalue weighted by atomic mass is 19.1. The van der Waals surface area contributed by atoms with Crippen LogP contribution in [-0.4, -0.2) is 28.9 Å². The number of halogens is 2. The predicted octanol–water partition coefficient (Wildman–Crippen LogP) is 6.34. The average Bonchev–Trinajstić information content (AvgIpc) is 3.34. The highest BCUT2D eigenvalue weighted by Gasteiger charge is 2.15. The number of likely N-dealkylation sites (tertiary alicyclic amines) is 1. The maximum Gasteiger partial charge on any atom is 0.255 e. The van der Waals surface area contributed by atoms with Crippen molar-refractivity contribution in [2.75, 3.05) is 18.4 Å². The number of rotatable bonds is 5. The summed E-state index contributed by atoms with van der Waals surface area (Å²) in [6.45, 7) is 5.09. The minimum absolute atomic E-state index is 0.205. The van der Waals surface area contributed by atoms with Crippen molar-refractivity contribution in [1.82, 2.24) is 9.88 Å². The molecule has 4 nitrogen and oxygen atoms in total. The van der Waals surface area contributed by atoms with E-state index in [9.17, 15) is 13.6 Å². The predicted molar refractivity (Wildman–Crippen MR) is 131 cm³/mol. The molecule has 0 saturated carbocycles. The summed E-state index contributed by atoms with van der Waals surface area (Å²) in [6.07, 6.45) is 4.41. The molecule has 1 fully saturated rings. The second kappa shape index (κ2) is 9.31. The van der Waals surface area contributed by atoms with Gasteiger partial charge in [-0.25, -0.2) is 8.78 Å². The van der Waals surface area contributed by atoms with E-state index in [2.05, 4.69) is 21.3 Å². The number of fused-ring (bicyclic) bond motifs is 1. The molecule has 3 aromatic carbocycles. The van der Waals surface area contributed by atoms with Crippen LogP contribution in [0, 0.1) is 18.6 Å². The molecule has 0 unspecified atom stereocenters. The Morgan fingerprint density at radius 3 is 2.50 bits per heavy atom. The summed E-state index contributed by atoms with van der Waals surface area (Å²) in [5.41, 5.74) is 4.58. The van der Waals surface area contributed by atoms with E-state index in [1.54, 1.807) is 6.07 Å². The number of amides is 1. The van der Waals surface area contributed by atoms with Gasteiger partial charge in [0.15, 0.2) is 0 Å². The van der Waals surface area contributed by atoms with Gasteiger partial charge in [0.05, 0.1) is 5.52 Å². The number of nitrogens with zero attached hydrogens (tertiary/aromatic N) is 2. The smallest absolute Gasteiger partial charge is 0.255 e. The van der Waals surface area contributed by atoms with Gasteiger partial charge < -0.3 is 5.32 Å². The van der Waals surface area contributed by atoms with Crippen molar-refractivity contribution in [3.8, 4) is 11.1 Å². The molecule has 1 aliphatic rings. The molecule has 1 aromatic heterocycles. The number of hydrogen-bond donors (Lipinski definition) is 1. The zero-order valence-electron chi connectivity index (χ0n) is 18.9. The van der Waals surface area contributed by atoms with Gasteiger partial charge in [0.1, 0.15) is 11.6 Å². The van der Waals surface area contributed by atoms with Crippen molar-refractivity contribution in [3.63, 3.8) is 0 Å². The van der Waals surface area contributed by atoms with Gasteiger partial charge in [-0.2, -0.15) is 0 Å². The fraction of sp³-hybridized carbons (Fsp3) is 0.214. The van der Waals surface area contributed by atoms with Crippen LogP contribution >= 0.6 is 0 Å². The van der Waals surface area contributed by atoms with Crippen LogP contribution in [0.3, 0.4) is 0 Å². The molecular formula is C28H25F2N3O. The topological polar surface area (TPSA) is 45.2 Å². The van der Waals surface area contributed by atoms with Crippen molar-refractivity contribution < 1.29 is 13.6 Å². The van der Waals surface area contributed by atoms with Gasteiger partial charge in [-0.3, -0.25) is 14.7 Å². The number of carbonyl (C=O) groups is 1. The van der Waals surface area contributed by atoms with Gasteiger partial charge in [0.25, 0.3) is 5.91 Å². The van der Waals surface area contributed by atoms with Gasteiger partial charge >= 0.3 is 0 Å². The van der Waals surface area contributed by atoms with Crippen molar-refractivity contribution in [3.05, 3.63) is 95.2 Å². The maximum absolute atomic E-state index is 14.7. The largest absolute Gasteiger partial charge is 0.322 e. The second-order valence-corrected chi connectivity index (χ2v) is 8.79. The van der Waals surface area contributed by atoms with Gasteiger partial charge in [-0.1, -0.05) is 24.3 Å². The standard InChI is InChI=1S/C28H25F2N3O/c1-18-26(11-7-21-14-19(16-31-27(18)21)17-33-12-2-3-13-33)32-28(34)22-6-10-24(25(30)15-22)20-4-8-23(29)9-5-20/h4-11,14-16H,2-3,12-13,17H2,1H3,(H,32,34). The third-order valence-corrected chi connectivity index (χ3v) is 6.40. The van der Waals surface area contributed by atoms with E-state index < -0.39 is 11.7 Å². The first-order valence-electron chi connectivity index (χ1n) is 11.5. The van der Waals surface area contributed by atoms with Crippen LogP contribution in [0.1, 0.15) is 34.3 Å². The molecule has 0 aliphatic carbocycles. The van der Waals surface area contributed by atoms with Gasteiger partial charge in [-0.15, -0.1) is 0 Å². The third-order valence-electron chi connectivity index (χ3n) is 6.40. The molecule has 172 valence electrons. The van der Waals surface area contributed by atoms with Crippen LogP contribution in [0.5, 0.6) is 0 Å². The number of anilines is 1. The van der Waals surface area contributed by atoms with E-state index in [0.717, 1.165) is 36.1 Å². The summed E-state index contributed by atoms with van der Waals surface area (Å²) in [6, 6.07) is 15.9. The van der Waals surface area contributed by atoms with Crippen molar-refractivity contribution in [2.45, 2.75) is 26.3 Å². The van der Waals surface area contributed by atoms with E-state index in [1.807, 2.05) is 25.3 Å². The molecule has 0 atom stereocenters. The Bertz CT molecular complexity index is 1360. The van der Waals surface area contributed by atoms with E-state index >= 15 is 0 Å². The van der Waals surface area contributed by atoms with Crippen LogP contribution in [-0.2, 0) is 6.54 Å². The number of aromatic nitrogens is 1. The number of carbonyl (C=O) groups excluding carboxylic acids is 1. The summed E-state index contributed by atoms with van der Waals surface area (Å²) >= 11 is 0. The van der Waals surface area contributed by atoms with E-state index in [-0.39, 0.29) is 11.4 Å². The number of hydrogen-bond acceptors (Lipinski definition) is 3. The average molecular weight is 458 g/mol. The molecule has 5 rings (SSSR count). The Balaban J connectivity index is 1.35. The molecule has 0 spiro atoms. The summed E-state index contributed by atoms with van der Waals surface area (Å²) in [7, 11) is 0. The summed E-state index contributed by atoms with van der Waals surface area (Å²) in [4.78, 5) is 19.9. The zero-order chi connectivity index (χ0) is 23.7. The molecular weight excluding hydrogens is 432 g/mol. The van der Waals surface area contributed by atoms with Crippen LogP contribution in [0.2, 0.25) is 0 Å². The van der Waals surface area contributed by atoms with Crippen LogP contribution in [0.4, 0.5) is 14.5 Å². The molecule has 4 aromatic rings. The number of pyridine rings is 1. The Labute approximate surface area is 197 Å². The van der Waals surface area contributed by atoms with Gasteiger partial charge in [0, 0.05) is 34.9 Å². The van der Waals surface area contributed by atoms with E-state index in [1.165, 1.54) is 54.8 Å². The molecule has 1 aliphatic heterocycles. The van der Waals surface area contributed by atoms with Crippen molar-refractivity contribution in [2.24, 2.45) is 0 Å². The lowest BCUT2D eigenvalue weighted by Gasteiger charge is -2.15. The highest BCUT2D eigenvalue weighted by Crippen LogP contribution is 2.27. The van der Waals surface area contributed by atoms with E-state index in [4.69, 9.17) is 0 Å². The first-order chi connectivity index (χ1) is 16.5. The lowest BCUT2D eigenvalue weighted by atomic mass is 10.0. The maximum atomic E-state index is 14.7. The van der Waals surface area contributed by atoms with Crippen LogP contribution in [0.25, 0.3) is 22.0 Å². The molecule has 0 radical (unpaired) electrons. The zero-order valence-corrected chi connectivity index (χ0v) is 18.9. The fourth-order valence-corrected chi connectivity index (χ4v) is 4.53. The van der Waals surface area contributed by atoms with Crippen molar-refractivity contribution >= 4 is 22.5 Å². The number of benzene rings is 3.